The molecule has 0 atom stereocenters. The monoisotopic (exact) mass is 276 g/mol. The number of ether oxygens (including phenoxy) is 2. The van der Waals surface area contributed by atoms with E-state index in [0.717, 1.165) is 0 Å². The highest BCUT2D eigenvalue weighted by Gasteiger charge is 2.09. The normalized spacial score (nSPS) is 9.35. The minimum atomic E-state index is -0.312. The van der Waals surface area contributed by atoms with Crippen molar-refractivity contribution in [1.82, 2.24) is 9.55 Å². The van der Waals surface area contributed by atoms with Gasteiger partial charge in [-0.1, -0.05) is 32.0 Å². The Morgan fingerprint density at radius 3 is 2.60 bits per heavy atom. The fourth-order valence-corrected chi connectivity index (χ4v) is 1.47. The van der Waals surface area contributed by atoms with Crippen molar-refractivity contribution in [2.24, 2.45) is 0 Å². The van der Waals surface area contributed by atoms with Crippen LogP contribution in [0.1, 0.15) is 20.8 Å². The van der Waals surface area contributed by atoms with Gasteiger partial charge in [0.2, 0.25) is 5.88 Å². The fourth-order valence-electron chi connectivity index (χ4n) is 1.47. The second-order valence-corrected chi connectivity index (χ2v) is 3.58. The number of hydrogen-bond donors (Lipinski definition) is 0. The van der Waals surface area contributed by atoms with E-state index in [1.54, 1.807) is 17.7 Å². The minimum absolute atomic E-state index is 0.0933. The molecule has 0 saturated heterocycles. The third-order valence-corrected chi connectivity index (χ3v) is 2.24. The van der Waals surface area contributed by atoms with E-state index in [-0.39, 0.29) is 12.5 Å². The van der Waals surface area contributed by atoms with Gasteiger partial charge >= 0.3 is 5.97 Å². The van der Waals surface area contributed by atoms with Gasteiger partial charge in [0.25, 0.3) is 0 Å². The van der Waals surface area contributed by atoms with E-state index in [1.807, 2.05) is 44.2 Å². The number of aromatic nitrogens is 2. The Morgan fingerprint density at radius 1 is 1.25 bits per heavy atom. The predicted molar refractivity (Wildman–Crippen MR) is 76.7 cm³/mol. The predicted octanol–water partition coefficient (Wildman–Crippen LogP) is 3.26. The Kier molecular flexibility index (Phi) is 6.89. The van der Waals surface area contributed by atoms with Crippen LogP contribution < -0.4 is 4.74 Å². The largest absolute Gasteiger partial charge is 0.465 e. The molecule has 0 spiro atoms. The van der Waals surface area contributed by atoms with Crippen LogP contribution in [0.4, 0.5) is 0 Å². The van der Waals surface area contributed by atoms with Gasteiger partial charge in [-0.05, 0) is 19.1 Å². The second-order valence-electron chi connectivity index (χ2n) is 3.58. The van der Waals surface area contributed by atoms with E-state index < -0.39 is 0 Å². The van der Waals surface area contributed by atoms with Gasteiger partial charge in [0.1, 0.15) is 12.3 Å². The summed E-state index contributed by atoms with van der Waals surface area (Å²) >= 11 is 0. The number of benzene rings is 1. The summed E-state index contributed by atoms with van der Waals surface area (Å²) in [5.41, 5.74) is 0. The minimum Gasteiger partial charge on any atom is -0.465 e. The zero-order chi connectivity index (χ0) is 14.8. The summed E-state index contributed by atoms with van der Waals surface area (Å²) in [4.78, 5) is 15.4. The van der Waals surface area contributed by atoms with Crippen LogP contribution in [0.5, 0.6) is 11.6 Å². The lowest BCUT2D eigenvalue weighted by Crippen LogP contribution is -2.13. The molecule has 20 heavy (non-hydrogen) atoms. The zero-order valence-electron chi connectivity index (χ0n) is 12.1. The Hall–Kier alpha value is -2.30. The van der Waals surface area contributed by atoms with Crippen molar-refractivity contribution in [3.8, 4) is 11.6 Å². The van der Waals surface area contributed by atoms with E-state index >= 15 is 0 Å². The molecule has 0 aliphatic carbocycles. The summed E-state index contributed by atoms with van der Waals surface area (Å²) in [6.45, 7) is 6.23. The summed E-state index contributed by atoms with van der Waals surface area (Å²) in [5, 5.41) is 0. The van der Waals surface area contributed by atoms with Gasteiger partial charge in [-0.25, -0.2) is 4.98 Å². The summed E-state index contributed by atoms with van der Waals surface area (Å²) < 4.78 is 12.1. The van der Waals surface area contributed by atoms with Gasteiger partial charge in [0.15, 0.2) is 0 Å². The second kappa shape index (κ2) is 8.74. The Morgan fingerprint density at radius 2 is 1.95 bits per heavy atom. The van der Waals surface area contributed by atoms with Gasteiger partial charge in [0, 0.05) is 0 Å². The number of hydrogen-bond acceptors (Lipinski definition) is 4. The number of nitrogens with zero attached hydrogens (tertiary/aromatic N) is 2. The number of esters is 1. The first-order valence-electron chi connectivity index (χ1n) is 6.68. The average Bonchev–Trinajstić information content (AvgIpc) is 2.89. The van der Waals surface area contributed by atoms with E-state index in [9.17, 15) is 4.79 Å². The fraction of sp³-hybridized carbons (Fsp3) is 0.333. The lowest BCUT2D eigenvalue weighted by atomic mass is 10.3. The van der Waals surface area contributed by atoms with Gasteiger partial charge in [-0.2, -0.15) is 0 Å². The molecule has 108 valence electrons. The van der Waals surface area contributed by atoms with E-state index in [1.165, 1.54) is 6.33 Å². The van der Waals surface area contributed by atoms with Crippen molar-refractivity contribution in [3.63, 3.8) is 0 Å². The molecule has 0 fully saturated rings. The first kappa shape index (κ1) is 15.8. The molecule has 0 radical (unpaired) electrons. The van der Waals surface area contributed by atoms with E-state index in [0.29, 0.717) is 18.2 Å². The quantitative estimate of drug-likeness (QED) is 0.786. The maximum Gasteiger partial charge on any atom is 0.326 e. The van der Waals surface area contributed by atoms with Crippen molar-refractivity contribution in [2.45, 2.75) is 27.3 Å². The van der Waals surface area contributed by atoms with Crippen LogP contribution in [0.2, 0.25) is 0 Å². The maximum atomic E-state index is 11.4. The summed E-state index contributed by atoms with van der Waals surface area (Å²) in [6.07, 6.45) is 3.10. The highest BCUT2D eigenvalue weighted by Crippen LogP contribution is 2.20. The smallest absolute Gasteiger partial charge is 0.326 e. The molecule has 5 nitrogen and oxygen atoms in total. The molecule has 0 bridgehead atoms. The van der Waals surface area contributed by atoms with Crippen LogP contribution in [0.3, 0.4) is 0 Å². The molecule has 1 aromatic heterocycles. The first-order valence-corrected chi connectivity index (χ1v) is 6.68. The highest BCUT2D eigenvalue weighted by molar-refractivity contribution is 5.69. The lowest BCUT2D eigenvalue weighted by molar-refractivity contribution is -0.143. The highest BCUT2D eigenvalue weighted by atomic mass is 16.5. The molecule has 0 amide bonds. The maximum absolute atomic E-state index is 11.4. The number of carbonyl (C=O) groups is 1. The third kappa shape index (κ3) is 4.76. The molecule has 0 aliphatic rings. The topological polar surface area (TPSA) is 53.4 Å². The van der Waals surface area contributed by atoms with Crippen molar-refractivity contribution in [2.75, 3.05) is 6.61 Å². The SMILES string of the molecule is CC.CCOC(=O)Cn1cncc1Oc1ccccc1. The summed E-state index contributed by atoms with van der Waals surface area (Å²) in [5.74, 6) is 0.894. The molecule has 0 aliphatic heterocycles. The van der Waals surface area contributed by atoms with Crippen molar-refractivity contribution in [1.29, 1.82) is 0 Å². The number of carbonyl (C=O) groups excluding carboxylic acids is 1. The van der Waals surface area contributed by atoms with Crippen LogP contribution in [0.15, 0.2) is 42.9 Å². The lowest BCUT2D eigenvalue weighted by Gasteiger charge is -2.08. The van der Waals surface area contributed by atoms with Gasteiger partial charge < -0.3 is 9.47 Å². The van der Waals surface area contributed by atoms with Gasteiger partial charge in [0.05, 0.1) is 19.1 Å². The molecule has 5 heteroatoms. The van der Waals surface area contributed by atoms with Crippen LogP contribution >= 0.6 is 0 Å². The van der Waals surface area contributed by atoms with Crippen molar-refractivity contribution >= 4 is 5.97 Å². The summed E-state index contributed by atoms with van der Waals surface area (Å²) in [6, 6.07) is 9.33. The first-order chi connectivity index (χ1) is 9.79. The summed E-state index contributed by atoms with van der Waals surface area (Å²) in [7, 11) is 0. The number of imidazole rings is 1. The molecule has 1 aromatic carbocycles. The number of rotatable bonds is 5. The van der Waals surface area contributed by atoms with Gasteiger partial charge in [-0.3, -0.25) is 9.36 Å². The molecule has 0 saturated carbocycles. The standard InChI is InChI=1S/C13H14N2O3.C2H6/c1-2-17-13(16)9-15-10-14-8-12(15)18-11-6-4-3-5-7-11;1-2/h3-8,10H,2,9H2,1H3;1-2H3. The van der Waals surface area contributed by atoms with E-state index in [4.69, 9.17) is 9.47 Å². The molecule has 0 unspecified atom stereocenters. The van der Waals surface area contributed by atoms with Crippen molar-refractivity contribution in [3.05, 3.63) is 42.9 Å². The van der Waals surface area contributed by atoms with Crippen LogP contribution in [-0.4, -0.2) is 22.1 Å². The molecular formula is C15H20N2O3. The zero-order valence-corrected chi connectivity index (χ0v) is 12.1. The van der Waals surface area contributed by atoms with Gasteiger partial charge in [-0.15, -0.1) is 0 Å². The average molecular weight is 276 g/mol. The molecular weight excluding hydrogens is 256 g/mol. The third-order valence-electron chi connectivity index (χ3n) is 2.24. The molecule has 2 rings (SSSR count). The molecule has 1 heterocycles. The van der Waals surface area contributed by atoms with Crippen LogP contribution in [-0.2, 0) is 16.1 Å². The Bertz CT molecular complexity index is 509. The van der Waals surface area contributed by atoms with Crippen molar-refractivity contribution < 1.29 is 14.3 Å². The Labute approximate surface area is 119 Å². The van der Waals surface area contributed by atoms with E-state index in [2.05, 4.69) is 4.98 Å². The van der Waals surface area contributed by atoms with Crippen LogP contribution in [0, 0.1) is 0 Å². The number of para-hydroxylation sites is 1. The Balaban J connectivity index is 0.000000956. The van der Waals surface area contributed by atoms with Crippen LogP contribution in [0.25, 0.3) is 0 Å². The molecule has 2 aromatic rings. The molecule has 0 N–H and O–H groups in total.